The Bertz CT molecular complexity index is 5100. The number of halogens is 2. The quantitative estimate of drug-likeness (QED) is 0.0349. The van der Waals surface area contributed by atoms with Crippen LogP contribution in [0.3, 0.4) is 0 Å². The van der Waals surface area contributed by atoms with Gasteiger partial charge in [-0.05, 0) is 210 Å². The fourth-order valence-corrected chi connectivity index (χ4v) is 21.0. The summed E-state index contributed by atoms with van der Waals surface area (Å²) in [6, 6.07) is 37.4. The normalized spacial score (nSPS) is 16.8. The van der Waals surface area contributed by atoms with Gasteiger partial charge in [0.05, 0.1) is 90.6 Å². The number of carbonyl (C=O) groups is 2. The zero-order chi connectivity index (χ0) is 80.5. The van der Waals surface area contributed by atoms with Gasteiger partial charge >= 0.3 is 12.2 Å². The van der Waals surface area contributed by atoms with Crippen LogP contribution in [0, 0.1) is 7.14 Å². The molecule has 0 saturated carbocycles. The molecule has 1 aromatic heterocycles. The Kier molecular flexibility index (Phi) is 27.3. The second-order valence-electron chi connectivity index (χ2n) is 27.7. The zero-order valence-electron chi connectivity index (χ0n) is 62.4. The van der Waals surface area contributed by atoms with Crippen molar-refractivity contribution in [3.05, 3.63) is 186 Å². The first-order valence-corrected chi connectivity index (χ1v) is 42.3. The molecule has 2 fully saturated rings. The van der Waals surface area contributed by atoms with Gasteiger partial charge in [-0.15, -0.1) is 10.2 Å². The third-order valence-corrected chi connectivity index (χ3v) is 26.3. The van der Waals surface area contributed by atoms with Crippen LogP contribution in [-0.4, -0.2) is 204 Å². The fourth-order valence-electron chi connectivity index (χ4n) is 11.9. The lowest BCUT2D eigenvalue weighted by atomic mass is 10.2. The highest BCUT2D eigenvalue weighted by atomic mass is 127. The molecule has 111 heavy (non-hydrogen) atoms. The first kappa shape index (κ1) is 84.9. The highest BCUT2D eigenvalue weighted by Crippen LogP contribution is 2.41. The maximum atomic E-state index is 15.6. The van der Waals surface area contributed by atoms with Crippen LogP contribution in [0.4, 0.5) is 9.59 Å². The topological polar surface area (TPSA) is 393 Å². The summed E-state index contributed by atoms with van der Waals surface area (Å²) in [6.45, 7) is 8.65. The predicted molar refractivity (Wildman–Crippen MR) is 424 cm³/mol. The van der Waals surface area contributed by atoms with Gasteiger partial charge in [-0.1, -0.05) is 60.7 Å². The molecule has 0 radical (unpaired) electrons. The molecule has 32 nitrogen and oxygen atoms in total. The number of nitrogens with zero attached hydrogens (tertiary/aromatic N) is 11. The van der Waals surface area contributed by atoms with E-state index >= 15 is 16.8 Å². The zero-order valence-corrected chi connectivity index (χ0v) is 70.0. The number of amidine groups is 1. The Morgan fingerprint density at radius 3 is 1.14 bits per heavy atom. The number of likely N-dealkylation sites (tertiary alicyclic amines) is 2. The number of aliphatic imine (C=N–C) groups is 1. The average Bonchev–Trinajstić information content (AvgIpc) is 1.71. The highest BCUT2D eigenvalue weighted by molar-refractivity contribution is 14.1. The summed E-state index contributed by atoms with van der Waals surface area (Å²) < 4.78 is 166. The van der Waals surface area contributed by atoms with Crippen LogP contribution in [0.15, 0.2) is 180 Å². The lowest BCUT2D eigenvalue weighted by molar-refractivity contribution is 0.0261. The van der Waals surface area contributed by atoms with Crippen molar-refractivity contribution in [2.75, 3.05) is 68.4 Å². The number of aliphatic hydroxyl groups is 2. The SMILES string of the molecule is COc1ccc(CN(Cc2ccc(OC)cc2)S(=O)(=O)c2c(S(=O)(=O)N[C@H]3CN(C(=O)OC(C)(C)C)C[C@H]3O)ccc(I)c2-c2nnnn2Cc2ccc(OC)cc2)cc1.COc1ccc(CN(Cc2ccc(OC)cc2)S(=O)(=O)c2c(S(=O)(=O)N[C@H]3CN(C(=O)OC(C)(C)C)C[C@H]3O)ccc(I)c2C2=NCN=N2)cc1. The number of methoxy groups -OCH3 is 5. The Morgan fingerprint density at radius 2 is 0.820 bits per heavy atom. The molecule has 4 N–H and O–H groups in total. The van der Waals surface area contributed by atoms with E-state index in [1.807, 2.05) is 45.2 Å². The number of azo groups is 1. The molecule has 8 aromatic rings. The smallest absolute Gasteiger partial charge is 0.410 e. The summed E-state index contributed by atoms with van der Waals surface area (Å²) in [5.41, 5.74) is 1.39. The van der Waals surface area contributed by atoms with Crippen LogP contribution in [0.5, 0.6) is 28.7 Å². The maximum Gasteiger partial charge on any atom is 0.410 e. The molecule has 11 rings (SSSR count). The number of sulfonamides is 4. The number of amides is 2. The molecule has 7 aromatic carbocycles. The van der Waals surface area contributed by atoms with Crippen molar-refractivity contribution < 1.29 is 86.6 Å². The van der Waals surface area contributed by atoms with Crippen LogP contribution >= 0.6 is 45.2 Å². The van der Waals surface area contributed by atoms with Gasteiger partial charge < -0.3 is 53.2 Å². The summed E-state index contributed by atoms with van der Waals surface area (Å²) >= 11 is 3.85. The average molecular weight is 1830 g/mol. The number of hydrogen-bond donors (Lipinski definition) is 4. The van der Waals surface area contributed by atoms with Crippen molar-refractivity contribution >= 4 is 103 Å². The predicted octanol–water partition coefficient (Wildman–Crippen LogP) is 8.80. The van der Waals surface area contributed by atoms with Crippen LogP contribution < -0.4 is 33.1 Å². The molecule has 4 atom stereocenters. The van der Waals surface area contributed by atoms with Gasteiger partial charge in [0, 0.05) is 46.4 Å². The fraction of sp³-hybridized carbons (Fsp3) is 0.370. The molecule has 0 bridgehead atoms. The summed E-state index contributed by atoms with van der Waals surface area (Å²) in [5.74, 6) is 2.84. The van der Waals surface area contributed by atoms with Crippen LogP contribution in [0.1, 0.15) is 74.9 Å². The number of β-amino-alcohol motifs (C(OH)–C–C–N with tert-alkyl or cyclic N) is 2. The van der Waals surface area contributed by atoms with Crippen LogP contribution in [0.25, 0.3) is 11.4 Å². The van der Waals surface area contributed by atoms with E-state index in [0.29, 0.717) is 58.1 Å². The number of tetrazole rings is 1. The van der Waals surface area contributed by atoms with Crippen LogP contribution in [-0.2, 0) is 82.3 Å². The minimum absolute atomic E-state index is 0.0170. The van der Waals surface area contributed by atoms with E-state index in [0.717, 1.165) is 5.56 Å². The van der Waals surface area contributed by atoms with Crippen molar-refractivity contribution in [1.82, 2.24) is 48.1 Å². The van der Waals surface area contributed by atoms with Gasteiger partial charge in [0.1, 0.15) is 59.5 Å². The molecule has 0 spiro atoms. The second-order valence-corrected chi connectivity index (χ2v) is 37.1. The van der Waals surface area contributed by atoms with E-state index in [4.69, 9.17) is 33.2 Å². The van der Waals surface area contributed by atoms with Gasteiger partial charge in [0.2, 0.25) is 40.1 Å². The van der Waals surface area contributed by atoms with Crippen molar-refractivity contribution in [3.8, 4) is 40.1 Å². The highest BCUT2D eigenvalue weighted by Gasteiger charge is 2.45. The summed E-state index contributed by atoms with van der Waals surface area (Å²) in [5, 5.41) is 42.2. The van der Waals surface area contributed by atoms with E-state index in [2.05, 4.69) is 40.2 Å². The van der Waals surface area contributed by atoms with Gasteiger partial charge in [0.25, 0.3) is 0 Å². The first-order chi connectivity index (χ1) is 52.4. The van der Waals surface area contributed by atoms with Crippen molar-refractivity contribution in [3.63, 3.8) is 0 Å². The Hall–Kier alpha value is -8.56. The van der Waals surface area contributed by atoms with Gasteiger partial charge in [-0.2, -0.15) is 13.7 Å². The second kappa shape index (κ2) is 35.6. The number of benzene rings is 7. The third kappa shape index (κ3) is 21.0. The maximum absolute atomic E-state index is 15.6. The number of hydrogen-bond acceptors (Lipinski definition) is 25. The molecular weight excluding hydrogens is 1740 g/mol. The monoisotopic (exact) mass is 1830 g/mol. The first-order valence-electron chi connectivity index (χ1n) is 34.3. The molecule has 594 valence electrons. The van der Waals surface area contributed by atoms with Crippen molar-refractivity contribution in [1.29, 1.82) is 0 Å². The van der Waals surface area contributed by atoms with Gasteiger partial charge in [-0.25, -0.2) is 62.4 Å². The molecule has 38 heteroatoms. The molecule has 3 aliphatic rings. The molecule has 3 aliphatic heterocycles. The minimum atomic E-state index is -4.84. The lowest BCUT2D eigenvalue weighted by Crippen LogP contribution is -2.44. The number of aliphatic hydroxyl groups excluding tert-OH is 2. The van der Waals surface area contributed by atoms with Crippen molar-refractivity contribution in [2.45, 2.75) is 129 Å². The Balaban J connectivity index is 0.000000239. The Morgan fingerprint density at radius 1 is 0.486 bits per heavy atom. The molecule has 0 unspecified atom stereocenters. The molecule has 4 heterocycles. The van der Waals surface area contributed by atoms with Crippen molar-refractivity contribution in [2.24, 2.45) is 15.2 Å². The third-order valence-electron chi connectivity index (χ3n) is 17.4. The van der Waals surface area contributed by atoms with Crippen LogP contribution in [0.2, 0.25) is 0 Å². The lowest BCUT2D eigenvalue weighted by Gasteiger charge is -2.26. The van der Waals surface area contributed by atoms with E-state index in [1.165, 1.54) is 75.8 Å². The number of aromatic nitrogens is 4. The number of nitrogens with one attached hydrogen (secondary N) is 2. The molecule has 2 amide bonds. The number of ether oxygens (including phenoxy) is 7. The number of rotatable bonds is 27. The summed E-state index contributed by atoms with van der Waals surface area (Å²) in [7, 11) is -11.4. The molecule has 0 aliphatic carbocycles. The Labute approximate surface area is 672 Å². The number of carbonyl (C=O) groups excluding carboxylic acids is 2. The molecule has 2 saturated heterocycles. The standard InChI is InChI=1S/C40H46IN7O10S2.C33H39IN6O9S2/c1-40(2,3)58-39(50)46-24-33(34(49)25-46)43-59(51,52)35-20-19-32(41)36(38-42-44-45-48(38)23-28-11-17-31(57-6)18-12-28)37(35)60(53,54)47(21-26-7-13-29(55-4)14-8-26)22-27-9-15-30(56-5)16-10-27;1-33(2,3)49-32(42)39-18-26(27(41)19-39)38-50(43,44)28-15-14-25(34)29(31-35-20-36-37-31)30(28)51(45,46)40(16-21-6-10-23(47-4)11-7-21)17-22-8-12-24(48-5)13-9-22/h7-20,33-34,43,49H,21-25H2,1-6H3;6-15,26-27,38,41H,16-20H2,1-5H3/t33-,34+;26-,27+/m00/s1. The largest absolute Gasteiger partial charge is 0.497 e. The van der Waals surface area contributed by atoms with E-state index in [-0.39, 0.29) is 88.4 Å². The van der Waals surface area contributed by atoms with E-state index in [9.17, 15) is 36.6 Å². The van der Waals surface area contributed by atoms with E-state index < -0.39 is 107 Å². The van der Waals surface area contributed by atoms with Gasteiger partial charge in [0.15, 0.2) is 18.3 Å². The van der Waals surface area contributed by atoms with E-state index in [1.54, 1.807) is 170 Å². The molecular formula is C73H85I2N13O19S4. The summed E-state index contributed by atoms with van der Waals surface area (Å²) in [6.07, 6.45) is -4.10. The van der Waals surface area contributed by atoms with Gasteiger partial charge in [-0.3, -0.25) is 0 Å². The summed E-state index contributed by atoms with van der Waals surface area (Å²) in [4.78, 5) is 29.9. The minimum Gasteiger partial charge on any atom is -0.497 e.